The maximum Gasteiger partial charge on any atom is 0.410 e. The van der Waals surface area contributed by atoms with Crippen molar-refractivity contribution in [3.8, 4) is 0 Å². The lowest BCUT2D eigenvalue weighted by molar-refractivity contribution is 0.0292. The molecule has 9 heteroatoms. The molecule has 1 N–H and O–H groups in total. The summed E-state index contributed by atoms with van der Waals surface area (Å²) in [6, 6.07) is 8.47. The molecule has 1 unspecified atom stereocenters. The Kier molecular flexibility index (Phi) is 5.66. The highest BCUT2D eigenvalue weighted by molar-refractivity contribution is 6.31. The van der Waals surface area contributed by atoms with E-state index in [0.717, 1.165) is 12.1 Å². The van der Waals surface area contributed by atoms with Crippen LogP contribution in [0.2, 0.25) is 5.02 Å². The molecule has 162 valence electrons. The van der Waals surface area contributed by atoms with Gasteiger partial charge in [-0.05, 0) is 51.5 Å². The zero-order chi connectivity index (χ0) is 22.2. The van der Waals surface area contributed by atoms with Gasteiger partial charge in [-0.2, -0.15) is 0 Å². The van der Waals surface area contributed by atoms with Gasteiger partial charge in [0, 0.05) is 24.7 Å². The summed E-state index contributed by atoms with van der Waals surface area (Å²) in [5.41, 5.74) is 1.64. The molecular weight excluding hydrogens is 421 g/mol. The molecule has 4 rings (SSSR count). The van der Waals surface area contributed by atoms with Crippen LogP contribution in [0, 0.1) is 5.82 Å². The predicted octanol–water partition coefficient (Wildman–Crippen LogP) is 5.29. The molecule has 1 fully saturated rings. The maximum absolute atomic E-state index is 14.3. The van der Waals surface area contributed by atoms with Crippen molar-refractivity contribution in [1.29, 1.82) is 0 Å². The molecule has 0 spiro atoms. The fraction of sp³-hybridized carbons (Fsp3) is 0.364. The topological polar surface area (TPSA) is 80.2 Å². The number of rotatable bonds is 3. The Morgan fingerprint density at radius 2 is 2.06 bits per heavy atom. The van der Waals surface area contributed by atoms with Crippen LogP contribution in [0.3, 0.4) is 0 Å². The van der Waals surface area contributed by atoms with Gasteiger partial charge in [0.1, 0.15) is 17.4 Å². The highest BCUT2D eigenvalue weighted by atomic mass is 35.5. The molecule has 1 amide bonds. The summed E-state index contributed by atoms with van der Waals surface area (Å²) in [5, 5.41) is 2.99. The smallest absolute Gasteiger partial charge is 0.410 e. The first-order valence-corrected chi connectivity index (χ1v) is 10.4. The van der Waals surface area contributed by atoms with Crippen LogP contribution in [-0.2, 0) is 4.74 Å². The molecule has 0 saturated carbocycles. The lowest BCUT2D eigenvalue weighted by Crippen LogP contribution is -2.35. The zero-order valence-electron chi connectivity index (χ0n) is 17.5. The van der Waals surface area contributed by atoms with Gasteiger partial charge in [-0.1, -0.05) is 17.7 Å². The average molecular weight is 444 g/mol. The monoisotopic (exact) mass is 443 g/mol. The fourth-order valence-electron chi connectivity index (χ4n) is 3.50. The summed E-state index contributed by atoms with van der Waals surface area (Å²) < 4.78 is 19.8. The van der Waals surface area contributed by atoms with Gasteiger partial charge in [-0.3, -0.25) is 0 Å². The lowest BCUT2D eigenvalue weighted by atomic mass is 10.0. The first-order valence-electron chi connectivity index (χ1n) is 10.0. The highest BCUT2D eigenvalue weighted by Gasteiger charge is 2.31. The molecular formula is C22H23ClFN5O2. The van der Waals surface area contributed by atoms with Crippen LogP contribution in [0.5, 0.6) is 0 Å². The van der Waals surface area contributed by atoms with Gasteiger partial charge in [0.25, 0.3) is 0 Å². The lowest BCUT2D eigenvalue weighted by Gasteiger charge is -2.24. The Labute approximate surface area is 184 Å². The number of hydrogen-bond acceptors (Lipinski definition) is 6. The van der Waals surface area contributed by atoms with E-state index in [2.05, 4.69) is 15.3 Å². The molecule has 0 bridgehead atoms. The van der Waals surface area contributed by atoms with Crippen molar-refractivity contribution < 1.29 is 13.9 Å². The van der Waals surface area contributed by atoms with Gasteiger partial charge in [0.15, 0.2) is 11.6 Å². The fourth-order valence-corrected chi connectivity index (χ4v) is 3.67. The third-order valence-electron chi connectivity index (χ3n) is 4.97. The molecule has 1 atom stereocenters. The molecule has 0 aliphatic carbocycles. The number of pyridine rings is 1. The summed E-state index contributed by atoms with van der Waals surface area (Å²) in [4.78, 5) is 27.3. The standard InChI is InChI=1S/C22H23ClFN5O2/c1-22(2,3)31-21(30)29-10-9-13(11-29)15-7-8-17-19(27-15)20(26-12-25-17)28-16-6-4-5-14(23)18(16)24/h4-8,12-13H,9-11H2,1-3H3,(H,25,26,28). The molecule has 2 aromatic heterocycles. The minimum absolute atomic E-state index is 0.0187. The van der Waals surface area contributed by atoms with Crippen molar-refractivity contribution in [3.05, 3.63) is 53.2 Å². The maximum atomic E-state index is 14.3. The Hall–Kier alpha value is -3.00. The van der Waals surface area contributed by atoms with Crippen molar-refractivity contribution in [1.82, 2.24) is 19.9 Å². The van der Waals surface area contributed by atoms with Gasteiger partial charge in [0.05, 0.1) is 16.2 Å². The van der Waals surface area contributed by atoms with Crippen LogP contribution in [0.1, 0.15) is 38.8 Å². The summed E-state index contributed by atoms with van der Waals surface area (Å²) in [6.45, 7) is 6.66. The normalized spacial score (nSPS) is 16.5. The number of amides is 1. The van der Waals surface area contributed by atoms with E-state index in [4.69, 9.17) is 21.3 Å². The van der Waals surface area contributed by atoms with Crippen LogP contribution in [0.15, 0.2) is 36.7 Å². The Balaban J connectivity index is 1.59. The number of carbonyl (C=O) groups excluding carboxylic acids is 1. The Morgan fingerprint density at radius 1 is 1.26 bits per heavy atom. The van der Waals surface area contributed by atoms with E-state index in [0.29, 0.717) is 29.9 Å². The van der Waals surface area contributed by atoms with Gasteiger partial charge in [-0.15, -0.1) is 0 Å². The number of ether oxygens (including phenoxy) is 1. The first kappa shape index (κ1) is 21.2. The number of aromatic nitrogens is 3. The number of fused-ring (bicyclic) bond motifs is 1. The zero-order valence-corrected chi connectivity index (χ0v) is 18.3. The van der Waals surface area contributed by atoms with Crippen LogP contribution < -0.4 is 5.32 Å². The van der Waals surface area contributed by atoms with Crippen molar-refractivity contribution in [2.75, 3.05) is 18.4 Å². The van der Waals surface area contributed by atoms with Gasteiger partial charge >= 0.3 is 6.09 Å². The number of nitrogens with one attached hydrogen (secondary N) is 1. The number of halogens is 2. The highest BCUT2D eigenvalue weighted by Crippen LogP contribution is 2.31. The summed E-state index contributed by atoms with van der Waals surface area (Å²) >= 11 is 5.88. The molecule has 3 aromatic rings. The largest absolute Gasteiger partial charge is 0.444 e. The molecule has 7 nitrogen and oxygen atoms in total. The second kappa shape index (κ2) is 8.26. The number of benzene rings is 1. The van der Waals surface area contributed by atoms with Crippen LogP contribution >= 0.6 is 11.6 Å². The molecule has 3 heterocycles. The van der Waals surface area contributed by atoms with Crippen LogP contribution in [0.4, 0.5) is 20.7 Å². The minimum Gasteiger partial charge on any atom is -0.444 e. The van der Waals surface area contributed by atoms with Crippen molar-refractivity contribution in [2.45, 2.75) is 38.7 Å². The van der Waals surface area contributed by atoms with E-state index in [9.17, 15) is 9.18 Å². The van der Waals surface area contributed by atoms with Crippen LogP contribution in [-0.4, -0.2) is 44.6 Å². The van der Waals surface area contributed by atoms with E-state index < -0.39 is 11.4 Å². The Bertz CT molecular complexity index is 1130. The predicted molar refractivity (Wildman–Crippen MR) is 117 cm³/mol. The molecule has 1 aliphatic rings. The third kappa shape index (κ3) is 4.69. The molecule has 1 aliphatic heterocycles. The number of nitrogens with zero attached hydrogens (tertiary/aromatic N) is 4. The minimum atomic E-state index is -0.559. The summed E-state index contributed by atoms with van der Waals surface area (Å²) in [7, 11) is 0. The van der Waals surface area contributed by atoms with Gasteiger partial charge in [0.2, 0.25) is 0 Å². The molecule has 1 saturated heterocycles. The average Bonchev–Trinajstić information content (AvgIpc) is 3.21. The van der Waals surface area contributed by atoms with E-state index in [-0.39, 0.29) is 22.7 Å². The Morgan fingerprint density at radius 3 is 2.84 bits per heavy atom. The van der Waals surface area contributed by atoms with Gasteiger partial charge in [-0.25, -0.2) is 24.1 Å². The van der Waals surface area contributed by atoms with Crippen molar-refractivity contribution in [3.63, 3.8) is 0 Å². The van der Waals surface area contributed by atoms with E-state index in [1.807, 2.05) is 32.9 Å². The van der Waals surface area contributed by atoms with Crippen molar-refractivity contribution >= 4 is 40.2 Å². The first-order chi connectivity index (χ1) is 14.7. The molecule has 0 radical (unpaired) electrons. The molecule has 1 aromatic carbocycles. The summed E-state index contributed by atoms with van der Waals surface area (Å²) in [5.74, 6) is -0.112. The second-order valence-corrected chi connectivity index (χ2v) is 8.87. The molecule has 31 heavy (non-hydrogen) atoms. The third-order valence-corrected chi connectivity index (χ3v) is 5.26. The second-order valence-electron chi connectivity index (χ2n) is 8.46. The number of likely N-dealkylation sites (tertiary alicyclic amines) is 1. The number of hydrogen-bond donors (Lipinski definition) is 1. The van der Waals surface area contributed by atoms with Crippen molar-refractivity contribution in [2.24, 2.45) is 0 Å². The SMILES string of the molecule is CC(C)(C)OC(=O)N1CCC(c2ccc3ncnc(Nc4cccc(Cl)c4F)c3n2)C1. The quantitative estimate of drug-likeness (QED) is 0.592. The summed E-state index contributed by atoms with van der Waals surface area (Å²) in [6.07, 6.45) is 1.85. The van der Waals surface area contributed by atoms with E-state index in [1.54, 1.807) is 17.0 Å². The number of carbonyl (C=O) groups is 1. The van der Waals surface area contributed by atoms with E-state index >= 15 is 0 Å². The van der Waals surface area contributed by atoms with E-state index in [1.165, 1.54) is 12.4 Å². The van der Waals surface area contributed by atoms with Crippen LogP contribution in [0.25, 0.3) is 11.0 Å². The number of anilines is 2. The van der Waals surface area contributed by atoms with Gasteiger partial charge < -0.3 is 15.0 Å².